The first-order chi connectivity index (χ1) is 13.5. The molecule has 1 amide bonds. The zero-order valence-electron chi connectivity index (χ0n) is 15.5. The van der Waals surface area contributed by atoms with Gasteiger partial charge in [0.15, 0.2) is 6.61 Å². The number of anilines is 1. The Labute approximate surface area is 161 Å². The van der Waals surface area contributed by atoms with E-state index in [2.05, 4.69) is 21.3 Å². The van der Waals surface area contributed by atoms with Crippen molar-refractivity contribution in [3.8, 4) is 5.75 Å². The second-order valence-electron chi connectivity index (χ2n) is 6.85. The first kappa shape index (κ1) is 18.1. The molecule has 0 saturated carbocycles. The molecule has 1 aromatic heterocycles. The number of amides is 1. The molecule has 0 unspecified atom stereocenters. The molecule has 7 nitrogen and oxygen atoms in total. The van der Waals surface area contributed by atoms with Gasteiger partial charge in [0, 0.05) is 47.5 Å². The molecule has 0 fully saturated rings. The number of benzene rings is 2. The highest BCUT2D eigenvalue weighted by atomic mass is 16.5. The van der Waals surface area contributed by atoms with E-state index in [1.54, 1.807) is 18.2 Å². The van der Waals surface area contributed by atoms with E-state index in [0.29, 0.717) is 17.0 Å². The Balaban J connectivity index is 1.52. The van der Waals surface area contributed by atoms with Crippen LogP contribution in [0.15, 0.2) is 42.5 Å². The summed E-state index contributed by atoms with van der Waals surface area (Å²) in [7, 11) is 0. The Morgan fingerprint density at radius 1 is 1.21 bits per heavy atom. The van der Waals surface area contributed by atoms with Crippen LogP contribution >= 0.6 is 0 Å². The zero-order valence-corrected chi connectivity index (χ0v) is 15.5. The summed E-state index contributed by atoms with van der Waals surface area (Å²) in [5, 5.41) is 16.0. The molecule has 0 spiro atoms. The molecule has 2 aromatic carbocycles. The van der Waals surface area contributed by atoms with E-state index in [1.165, 1.54) is 5.69 Å². The van der Waals surface area contributed by atoms with E-state index >= 15 is 0 Å². The third-order valence-electron chi connectivity index (χ3n) is 4.88. The number of nitrogens with zero attached hydrogens (tertiary/aromatic N) is 1. The van der Waals surface area contributed by atoms with Crippen molar-refractivity contribution in [2.24, 2.45) is 0 Å². The molecule has 0 bridgehead atoms. The number of aryl methyl sites for hydroxylation is 1. The van der Waals surface area contributed by atoms with Gasteiger partial charge in [-0.05, 0) is 55.0 Å². The van der Waals surface area contributed by atoms with Crippen molar-refractivity contribution in [3.05, 3.63) is 59.3 Å². The lowest BCUT2D eigenvalue weighted by Crippen LogP contribution is -2.27. The van der Waals surface area contributed by atoms with Crippen molar-refractivity contribution >= 4 is 28.5 Å². The number of carbonyl (C=O) groups excluding carboxylic acids is 1. The van der Waals surface area contributed by atoms with Crippen molar-refractivity contribution in [1.82, 2.24) is 9.88 Å². The predicted octanol–water partition coefficient (Wildman–Crippen LogP) is 2.77. The largest absolute Gasteiger partial charge is 0.482 e. The summed E-state index contributed by atoms with van der Waals surface area (Å²) < 4.78 is 7.45. The van der Waals surface area contributed by atoms with Gasteiger partial charge in [-0.15, -0.1) is 0 Å². The number of carbonyl (C=O) groups is 2. The lowest BCUT2D eigenvalue weighted by molar-refractivity contribution is -0.139. The fourth-order valence-electron chi connectivity index (χ4n) is 3.49. The monoisotopic (exact) mass is 379 g/mol. The molecule has 28 heavy (non-hydrogen) atoms. The van der Waals surface area contributed by atoms with Gasteiger partial charge in [-0.1, -0.05) is 0 Å². The van der Waals surface area contributed by atoms with Crippen molar-refractivity contribution in [2.75, 3.05) is 18.5 Å². The average molecular weight is 379 g/mol. The highest BCUT2D eigenvalue weighted by Gasteiger charge is 2.15. The molecular formula is C21H21N3O4. The Hall–Kier alpha value is -3.32. The molecule has 1 aliphatic rings. The van der Waals surface area contributed by atoms with Crippen LogP contribution in [0.3, 0.4) is 0 Å². The maximum atomic E-state index is 12.7. The van der Waals surface area contributed by atoms with Gasteiger partial charge < -0.3 is 25.0 Å². The standard InChI is InChI=1S/C21H21N3O4/c1-13-8-17(28-12-20(25)26)3-4-18(13)23-21(27)14-2-5-19-15(9-14)10-16-11-22-6-7-24(16)19/h2-5,8-10,22H,6-7,11-12H2,1H3,(H,23,27)(H,25,26). The van der Waals surface area contributed by atoms with Crippen molar-refractivity contribution in [1.29, 1.82) is 0 Å². The van der Waals surface area contributed by atoms with Gasteiger partial charge in [0.1, 0.15) is 5.75 Å². The maximum Gasteiger partial charge on any atom is 0.341 e. The van der Waals surface area contributed by atoms with Gasteiger partial charge >= 0.3 is 5.97 Å². The van der Waals surface area contributed by atoms with Gasteiger partial charge in [-0.3, -0.25) is 4.79 Å². The average Bonchev–Trinajstić information content (AvgIpc) is 3.06. The number of aromatic nitrogens is 1. The summed E-state index contributed by atoms with van der Waals surface area (Å²) in [6.45, 7) is 4.15. The molecule has 1 aliphatic heterocycles. The van der Waals surface area contributed by atoms with Gasteiger partial charge in [0.05, 0.1) is 0 Å². The summed E-state index contributed by atoms with van der Waals surface area (Å²) in [6.07, 6.45) is 0. The maximum absolute atomic E-state index is 12.7. The van der Waals surface area contributed by atoms with Gasteiger partial charge in [0.2, 0.25) is 0 Å². The molecule has 3 N–H and O–H groups in total. The number of hydrogen-bond donors (Lipinski definition) is 3. The summed E-state index contributed by atoms with van der Waals surface area (Å²) in [4.78, 5) is 23.3. The van der Waals surface area contributed by atoms with E-state index in [-0.39, 0.29) is 5.91 Å². The van der Waals surface area contributed by atoms with Crippen LogP contribution in [0.1, 0.15) is 21.6 Å². The quantitative estimate of drug-likeness (QED) is 0.634. The number of rotatable bonds is 5. The summed E-state index contributed by atoms with van der Waals surface area (Å²) >= 11 is 0. The molecule has 7 heteroatoms. The number of carboxylic acid groups (broad SMARTS) is 1. The number of carboxylic acids is 1. The second kappa shape index (κ2) is 7.36. The summed E-state index contributed by atoms with van der Waals surface area (Å²) in [5.41, 5.74) is 4.42. The first-order valence-electron chi connectivity index (χ1n) is 9.11. The normalized spacial score (nSPS) is 13.2. The third-order valence-corrected chi connectivity index (χ3v) is 4.88. The number of ether oxygens (including phenoxy) is 1. The lowest BCUT2D eigenvalue weighted by Gasteiger charge is -2.17. The van der Waals surface area contributed by atoms with E-state index in [4.69, 9.17) is 9.84 Å². The minimum atomic E-state index is -1.03. The molecule has 3 aromatic rings. The highest BCUT2D eigenvalue weighted by Crippen LogP contribution is 2.25. The molecule has 0 aliphatic carbocycles. The van der Waals surface area contributed by atoms with E-state index in [1.807, 2.05) is 25.1 Å². The SMILES string of the molecule is Cc1cc(OCC(=O)O)ccc1NC(=O)c1ccc2c(c1)cc1n2CCNC1. The number of aliphatic carboxylic acids is 1. The van der Waals surface area contributed by atoms with Crippen LogP contribution in [0.4, 0.5) is 5.69 Å². The summed E-state index contributed by atoms with van der Waals surface area (Å²) in [6, 6.07) is 12.9. The van der Waals surface area contributed by atoms with E-state index < -0.39 is 12.6 Å². The van der Waals surface area contributed by atoms with Gasteiger partial charge in [-0.2, -0.15) is 0 Å². The summed E-state index contributed by atoms with van der Waals surface area (Å²) in [5.74, 6) is -0.771. The van der Waals surface area contributed by atoms with Crippen LogP contribution in [0.2, 0.25) is 0 Å². The van der Waals surface area contributed by atoms with Crippen molar-refractivity contribution < 1.29 is 19.4 Å². The zero-order chi connectivity index (χ0) is 19.7. The number of nitrogens with one attached hydrogen (secondary N) is 2. The Morgan fingerprint density at radius 3 is 2.86 bits per heavy atom. The van der Waals surface area contributed by atoms with Crippen molar-refractivity contribution in [2.45, 2.75) is 20.0 Å². The minimum Gasteiger partial charge on any atom is -0.482 e. The molecule has 0 saturated heterocycles. The van der Waals surface area contributed by atoms with Crippen LogP contribution in [-0.4, -0.2) is 34.7 Å². The van der Waals surface area contributed by atoms with Crippen molar-refractivity contribution in [3.63, 3.8) is 0 Å². The topological polar surface area (TPSA) is 92.6 Å². The lowest BCUT2D eigenvalue weighted by atomic mass is 10.1. The van der Waals surface area contributed by atoms with Crippen LogP contribution in [-0.2, 0) is 17.9 Å². The predicted molar refractivity (Wildman–Crippen MR) is 106 cm³/mol. The van der Waals surface area contributed by atoms with Crippen LogP contribution < -0.4 is 15.4 Å². The smallest absolute Gasteiger partial charge is 0.341 e. The molecule has 0 radical (unpaired) electrons. The Morgan fingerprint density at radius 2 is 2.07 bits per heavy atom. The molecule has 144 valence electrons. The fraction of sp³-hybridized carbons (Fsp3) is 0.238. The minimum absolute atomic E-state index is 0.188. The number of fused-ring (bicyclic) bond motifs is 3. The highest BCUT2D eigenvalue weighted by molar-refractivity contribution is 6.06. The van der Waals surface area contributed by atoms with Gasteiger partial charge in [0.25, 0.3) is 5.91 Å². The first-order valence-corrected chi connectivity index (χ1v) is 9.11. The van der Waals surface area contributed by atoms with Crippen LogP contribution in [0, 0.1) is 6.92 Å². The second-order valence-corrected chi connectivity index (χ2v) is 6.85. The molecule has 0 atom stereocenters. The molecule has 4 rings (SSSR count). The van der Waals surface area contributed by atoms with Crippen LogP contribution in [0.5, 0.6) is 5.75 Å². The number of hydrogen-bond acceptors (Lipinski definition) is 4. The van der Waals surface area contributed by atoms with Gasteiger partial charge in [-0.25, -0.2) is 4.79 Å². The third kappa shape index (κ3) is 3.57. The van der Waals surface area contributed by atoms with E-state index in [0.717, 1.165) is 36.1 Å². The molecular weight excluding hydrogens is 358 g/mol. The Kier molecular flexibility index (Phi) is 4.75. The fourth-order valence-corrected chi connectivity index (χ4v) is 3.49. The van der Waals surface area contributed by atoms with E-state index in [9.17, 15) is 9.59 Å². The van der Waals surface area contributed by atoms with Crippen LogP contribution in [0.25, 0.3) is 10.9 Å². The Bertz CT molecular complexity index is 1070. The molecule has 2 heterocycles.